The molecule has 0 spiro atoms. The largest absolute Gasteiger partial charge is 0.298 e. The fourth-order valence-electron chi connectivity index (χ4n) is 5.74. The highest BCUT2D eigenvalue weighted by atomic mass is 35.5. The summed E-state index contributed by atoms with van der Waals surface area (Å²) in [6.07, 6.45) is 13.1. The lowest BCUT2D eigenvalue weighted by molar-refractivity contribution is 0.112. The average Bonchev–Trinajstić information content (AvgIpc) is 3.03. The van der Waals surface area contributed by atoms with Gasteiger partial charge < -0.3 is 0 Å². The molecule has 4 rings (SSSR count). The Kier molecular flexibility index (Phi) is 8.27. The second-order valence-corrected chi connectivity index (χ2v) is 10.4. The molecule has 2 heteroatoms. The number of benzene rings is 2. The minimum Gasteiger partial charge on any atom is -0.298 e. The first-order chi connectivity index (χ1) is 16.5. The first kappa shape index (κ1) is 24.7. The summed E-state index contributed by atoms with van der Waals surface area (Å²) in [5, 5.41) is 0.954. The van der Waals surface area contributed by atoms with Crippen LogP contribution in [0.3, 0.4) is 0 Å². The van der Waals surface area contributed by atoms with Crippen molar-refractivity contribution >= 4 is 23.5 Å². The summed E-state index contributed by atoms with van der Waals surface area (Å²) < 4.78 is 0. The molecule has 1 unspecified atom stereocenters. The van der Waals surface area contributed by atoms with Crippen molar-refractivity contribution in [2.45, 2.75) is 78.6 Å². The minimum atomic E-state index is 0.762. The van der Waals surface area contributed by atoms with Gasteiger partial charge in [-0.3, -0.25) is 4.79 Å². The van der Waals surface area contributed by atoms with E-state index in [9.17, 15) is 4.79 Å². The standard InChI is InChI=1S/C32H37ClO/c1-4-7-23(5-2)19-24-10-13-26(14-11-24)32-30-16-12-25(21-34)20-27(30)8-6-9-31(32)29-17-15-28(33)18-22(29)3/h10-14,16,18,20-21,23H,4-9,15,17,19H2,1-3H3. The molecule has 0 saturated heterocycles. The quantitative estimate of drug-likeness (QED) is 0.350. The van der Waals surface area contributed by atoms with Gasteiger partial charge in [0.2, 0.25) is 0 Å². The highest BCUT2D eigenvalue weighted by Gasteiger charge is 2.24. The first-order valence-electron chi connectivity index (χ1n) is 13.0. The van der Waals surface area contributed by atoms with Crippen LogP contribution >= 0.6 is 11.6 Å². The number of rotatable bonds is 8. The maximum absolute atomic E-state index is 11.5. The van der Waals surface area contributed by atoms with Gasteiger partial charge in [0.25, 0.3) is 0 Å². The highest BCUT2D eigenvalue weighted by Crippen LogP contribution is 2.42. The fourth-order valence-corrected chi connectivity index (χ4v) is 5.99. The molecule has 0 N–H and O–H groups in total. The molecule has 0 saturated carbocycles. The van der Waals surface area contributed by atoms with Crippen molar-refractivity contribution in [3.63, 3.8) is 0 Å². The van der Waals surface area contributed by atoms with Crippen molar-refractivity contribution in [2.75, 3.05) is 0 Å². The monoisotopic (exact) mass is 472 g/mol. The minimum absolute atomic E-state index is 0.762. The third kappa shape index (κ3) is 5.47. The van der Waals surface area contributed by atoms with Crippen LogP contribution in [0.2, 0.25) is 0 Å². The highest BCUT2D eigenvalue weighted by molar-refractivity contribution is 6.29. The number of hydrogen-bond donors (Lipinski definition) is 0. The van der Waals surface area contributed by atoms with Gasteiger partial charge in [-0.25, -0.2) is 0 Å². The summed E-state index contributed by atoms with van der Waals surface area (Å²) in [5.41, 5.74) is 11.6. The van der Waals surface area contributed by atoms with Crippen LogP contribution in [-0.4, -0.2) is 6.29 Å². The Labute approximate surface area is 210 Å². The molecule has 0 amide bonds. The van der Waals surface area contributed by atoms with Gasteiger partial charge in [0.1, 0.15) is 6.29 Å². The molecule has 0 heterocycles. The van der Waals surface area contributed by atoms with E-state index < -0.39 is 0 Å². The Bertz CT molecular complexity index is 1130. The molecule has 0 radical (unpaired) electrons. The zero-order valence-corrected chi connectivity index (χ0v) is 21.7. The zero-order chi connectivity index (χ0) is 24.1. The Balaban J connectivity index is 1.83. The number of aryl methyl sites for hydroxylation is 1. The van der Waals surface area contributed by atoms with Gasteiger partial charge in [0.15, 0.2) is 0 Å². The van der Waals surface area contributed by atoms with E-state index in [0.29, 0.717) is 0 Å². The van der Waals surface area contributed by atoms with E-state index in [1.54, 1.807) is 0 Å². The molecule has 2 aromatic rings. The van der Waals surface area contributed by atoms with Crippen molar-refractivity contribution in [1.29, 1.82) is 0 Å². The first-order valence-corrected chi connectivity index (χ1v) is 13.4. The Morgan fingerprint density at radius 3 is 2.44 bits per heavy atom. The maximum Gasteiger partial charge on any atom is 0.150 e. The molecule has 34 heavy (non-hydrogen) atoms. The normalized spacial score (nSPS) is 17.2. The van der Waals surface area contributed by atoms with E-state index in [1.807, 2.05) is 6.07 Å². The van der Waals surface area contributed by atoms with Gasteiger partial charge >= 0.3 is 0 Å². The van der Waals surface area contributed by atoms with E-state index >= 15 is 0 Å². The summed E-state index contributed by atoms with van der Waals surface area (Å²) in [7, 11) is 0. The van der Waals surface area contributed by atoms with Gasteiger partial charge in [-0.05, 0) is 108 Å². The molecule has 0 aliphatic heterocycles. The van der Waals surface area contributed by atoms with Crippen LogP contribution in [0.4, 0.5) is 0 Å². The van der Waals surface area contributed by atoms with Crippen molar-refractivity contribution < 1.29 is 4.79 Å². The van der Waals surface area contributed by atoms with Crippen molar-refractivity contribution in [3.05, 3.63) is 98.1 Å². The number of fused-ring (bicyclic) bond motifs is 1. The van der Waals surface area contributed by atoms with Crippen LogP contribution < -0.4 is 0 Å². The number of carbonyl (C=O) groups excluding carboxylic acids is 1. The van der Waals surface area contributed by atoms with Crippen LogP contribution in [0.5, 0.6) is 0 Å². The molecule has 0 fully saturated rings. The third-order valence-corrected chi connectivity index (χ3v) is 7.88. The van der Waals surface area contributed by atoms with E-state index in [2.05, 4.69) is 63.2 Å². The predicted molar refractivity (Wildman–Crippen MR) is 145 cm³/mol. The molecular weight excluding hydrogens is 436 g/mol. The van der Waals surface area contributed by atoms with E-state index in [0.717, 1.165) is 61.3 Å². The van der Waals surface area contributed by atoms with Gasteiger partial charge in [-0.2, -0.15) is 0 Å². The van der Waals surface area contributed by atoms with Gasteiger partial charge in [-0.15, -0.1) is 0 Å². The molecule has 1 nitrogen and oxygen atoms in total. The van der Waals surface area contributed by atoms with Crippen LogP contribution in [0.15, 0.2) is 70.3 Å². The lowest BCUT2D eigenvalue weighted by atomic mass is 9.82. The van der Waals surface area contributed by atoms with Crippen LogP contribution in [0, 0.1) is 5.92 Å². The smallest absolute Gasteiger partial charge is 0.150 e. The number of aldehydes is 1. The molecule has 0 bridgehead atoms. The molecule has 178 valence electrons. The van der Waals surface area contributed by atoms with Crippen molar-refractivity contribution in [3.8, 4) is 0 Å². The molecule has 1 atom stereocenters. The summed E-state index contributed by atoms with van der Waals surface area (Å²) >= 11 is 6.39. The SMILES string of the molecule is CCCC(CC)Cc1ccc(C2=C(C3=C(C)C=C(Cl)CC3)CCCc3cc(C=O)ccc32)cc1. The predicted octanol–water partition coefficient (Wildman–Crippen LogP) is 9.24. The second kappa shape index (κ2) is 11.4. The van der Waals surface area contributed by atoms with Gasteiger partial charge in [0.05, 0.1) is 0 Å². The van der Waals surface area contributed by atoms with E-state index in [1.165, 1.54) is 63.8 Å². The molecule has 0 aromatic heterocycles. The molecular formula is C32H37ClO. The van der Waals surface area contributed by atoms with Crippen LogP contribution in [-0.2, 0) is 12.8 Å². The Morgan fingerprint density at radius 2 is 1.76 bits per heavy atom. The van der Waals surface area contributed by atoms with Crippen molar-refractivity contribution in [2.24, 2.45) is 5.92 Å². The molecule has 2 aromatic carbocycles. The van der Waals surface area contributed by atoms with Crippen molar-refractivity contribution in [1.82, 2.24) is 0 Å². The average molecular weight is 473 g/mol. The van der Waals surface area contributed by atoms with E-state index in [4.69, 9.17) is 11.6 Å². The Hall–Kier alpha value is -2.38. The third-order valence-electron chi connectivity index (χ3n) is 7.58. The fraction of sp³-hybridized carbons (Fsp3) is 0.406. The number of allylic oxidation sites excluding steroid dienone is 5. The Morgan fingerprint density at radius 1 is 0.971 bits per heavy atom. The van der Waals surface area contributed by atoms with E-state index in [-0.39, 0.29) is 0 Å². The van der Waals surface area contributed by atoms with Crippen LogP contribution in [0.25, 0.3) is 5.57 Å². The van der Waals surface area contributed by atoms with Crippen LogP contribution in [0.1, 0.15) is 98.3 Å². The summed E-state index contributed by atoms with van der Waals surface area (Å²) in [6, 6.07) is 15.6. The lowest BCUT2D eigenvalue weighted by Crippen LogP contribution is -2.04. The number of carbonyl (C=O) groups is 1. The summed E-state index contributed by atoms with van der Waals surface area (Å²) in [5.74, 6) is 0.762. The topological polar surface area (TPSA) is 17.1 Å². The maximum atomic E-state index is 11.5. The van der Waals surface area contributed by atoms with Gasteiger partial charge in [-0.1, -0.05) is 81.1 Å². The lowest BCUT2D eigenvalue weighted by Gasteiger charge is -2.23. The number of hydrogen-bond acceptors (Lipinski definition) is 1. The molecule has 2 aliphatic rings. The molecule has 2 aliphatic carbocycles. The zero-order valence-electron chi connectivity index (χ0n) is 20.9. The summed E-state index contributed by atoms with van der Waals surface area (Å²) in [6.45, 7) is 6.79. The number of halogens is 1. The second-order valence-electron chi connectivity index (χ2n) is 9.96. The van der Waals surface area contributed by atoms with Gasteiger partial charge in [0, 0.05) is 10.6 Å². The summed E-state index contributed by atoms with van der Waals surface area (Å²) in [4.78, 5) is 11.5.